The van der Waals surface area contributed by atoms with Gasteiger partial charge in [0.1, 0.15) is 5.72 Å². The third-order valence-electron chi connectivity index (χ3n) is 0.440. The van der Waals surface area contributed by atoms with Gasteiger partial charge in [-0.2, -0.15) is 0 Å². The molecule has 9 heavy (non-hydrogen) atoms. The fourth-order valence-corrected chi connectivity index (χ4v) is 0.456. The van der Waals surface area contributed by atoms with Crippen LogP contribution in [0, 0.1) is 0 Å². The molecule has 0 aliphatic rings. The van der Waals surface area contributed by atoms with Gasteiger partial charge in [0.05, 0.1) is 0 Å². The van der Waals surface area contributed by atoms with Gasteiger partial charge in [0.2, 0.25) is 5.97 Å². The van der Waals surface area contributed by atoms with E-state index in [1.807, 2.05) is 0 Å². The van der Waals surface area contributed by atoms with Crippen LogP contribution in [0.1, 0.15) is 13.8 Å². The minimum atomic E-state index is -1.64. The van der Waals surface area contributed by atoms with E-state index >= 15 is 0 Å². The van der Waals surface area contributed by atoms with E-state index in [9.17, 15) is 0 Å². The Morgan fingerprint density at radius 3 is 1.33 bits per heavy atom. The van der Waals surface area contributed by atoms with Crippen molar-refractivity contribution in [3.63, 3.8) is 0 Å². The summed E-state index contributed by atoms with van der Waals surface area (Å²) in [5.41, 5.74) is 19.7. The summed E-state index contributed by atoms with van der Waals surface area (Å²) in [4.78, 5) is 0. The predicted molar refractivity (Wildman–Crippen MR) is 34.6 cm³/mol. The van der Waals surface area contributed by atoms with Crippen molar-refractivity contribution in [2.75, 3.05) is 0 Å². The summed E-state index contributed by atoms with van der Waals surface area (Å²) in [5, 5.41) is 0. The number of hydrogen-bond donors (Lipinski definition) is 4. The molecule has 0 bridgehead atoms. The summed E-state index contributed by atoms with van der Waals surface area (Å²) >= 11 is 0. The molecule has 0 saturated heterocycles. The molecule has 0 aromatic rings. The molecule has 0 atom stereocenters. The van der Waals surface area contributed by atoms with Gasteiger partial charge in [0.15, 0.2) is 0 Å². The molecule has 0 aromatic heterocycles. The molecule has 0 heterocycles. The van der Waals surface area contributed by atoms with Crippen LogP contribution in [0.3, 0.4) is 0 Å². The second-order valence-electron chi connectivity index (χ2n) is 2.56. The maximum Gasteiger partial charge on any atom is 0.229 e. The fraction of sp³-hybridized carbons (Fsp3) is 1.00. The van der Waals surface area contributed by atoms with Crippen molar-refractivity contribution in [1.29, 1.82) is 0 Å². The Morgan fingerprint density at radius 1 is 1.00 bits per heavy atom. The molecule has 5 heteroatoms. The van der Waals surface area contributed by atoms with Gasteiger partial charge < -0.3 is 10.5 Å². The zero-order chi connectivity index (χ0) is 7.71. The third-order valence-corrected chi connectivity index (χ3v) is 0.440. The van der Waals surface area contributed by atoms with Crippen LogP contribution in [0.25, 0.3) is 0 Å². The second-order valence-corrected chi connectivity index (χ2v) is 2.56. The molecule has 0 aliphatic heterocycles. The summed E-state index contributed by atoms with van der Waals surface area (Å²) in [6.07, 6.45) is 0. The van der Waals surface area contributed by atoms with E-state index in [0.717, 1.165) is 0 Å². The number of hydrogen-bond acceptors (Lipinski definition) is 5. The standard InChI is InChI=1S/C4H14N4O/c1-3(2,5)9-4(6,7)8/h5-8H2,1-2H3. The highest BCUT2D eigenvalue weighted by Gasteiger charge is 2.22. The van der Waals surface area contributed by atoms with Gasteiger partial charge in [-0.3, -0.25) is 17.2 Å². The zero-order valence-corrected chi connectivity index (χ0v) is 5.72. The Hall–Kier alpha value is -0.200. The van der Waals surface area contributed by atoms with Crippen LogP contribution >= 0.6 is 0 Å². The van der Waals surface area contributed by atoms with E-state index in [4.69, 9.17) is 27.7 Å². The third kappa shape index (κ3) is 7.80. The first-order chi connectivity index (χ1) is 3.71. The Bertz CT molecular complexity index is 77.7. The maximum atomic E-state index is 5.36. The quantitative estimate of drug-likeness (QED) is 0.332. The zero-order valence-electron chi connectivity index (χ0n) is 5.72. The molecule has 0 radical (unpaired) electrons. The summed E-state index contributed by atoms with van der Waals surface area (Å²) in [6, 6.07) is 0. The molecule has 0 unspecified atom stereocenters. The average Bonchev–Trinajstić information content (AvgIpc) is 1.14. The van der Waals surface area contributed by atoms with Crippen LogP contribution in [0.2, 0.25) is 0 Å². The summed E-state index contributed by atoms with van der Waals surface area (Å²) < 4.78 is 4.74. The summed E-state index contributed by atoms with van der Waals surface area (Å²) in [5.74, 6) is -1.64. The molecule has 8 N–H and O–H groups in total. The highest BCUT2D eigenvalue weighted by molar-refractivity contribution is 4.63. The number of ether oxygens (including phenoxy) is 1. The Morgan fingerprint density at radius 2 is 1.33 bits per heavy atom. The van der Waals surface area contributed by atoms with Crippen molar-refractivity contribution < 1.29 is 4.74 Å². The monoisotopic (exact) mass is 134 g/mol. The molecule has 0 amide bonds. The molecule has 0 aliphatic carbocycles. The van der Waals surface area contributed by atoms with E-state index in [1.165, 1.54) is 0 Å². The maximum absolute atomic E-state index is 5.36. The molecular formula is C4H14N4O. The number of nitrogens with two attached hydrogens (primary N) is 4. The van der Waals surface area contributed by atoms with Gasteiger partial charge in [0.25, 0.3) is 0 Å². The van der Waals surface area contributed by atoms with Gasteiger partial charge in [-0.15, -0.1) is 0 Å². The normalized spacial score (nSPS) is 14.0. The molecular weight excluding hydrogens is 120 g/mol. The topological polar surface area (TPSA) is 113 Å². The second kappa shape index (κ2) is 2.20. The Balaban J connectivity index is 3.75. The Labute approximate surface area is 54.3 Å². The minimum Gasteiger partial charge on any atom is -0.315 e. The van der Waals surface area contributed by atoms with Crippen LogP contribution in [0.5, 0.6) is 0 Å². The van der Waals surface area contributed by atoms with E-state index in [0.29, 0.717) is 0 Å². The SMILES string of the molecule is CC(C)(N)OC(N)(N)N. The van der Waals surface area contributed by atoms with Crippen LogP contribution < -0.4 is 22.9 Å². The first-order valence-electron chi connectivity index (χ1n) is 2.56. The first kappa shape index (κ1) is 8.80. The summed E-state index contributed by atoms with van der Waals surface area (Å²) in [6.45, 7) is 3.21. The Kier molecular flexibility index (Phi) is 2.15. The molecule has 0 saturated carbocycles. The lowest BCUT2D eigenvalue weighted by Crippen LogP contribution is -2.64. The smallest absolute Gasteiger partial charge is 0.229 e. The van der Waals surface area contributed by atoms with Gasteiger partial charge in [0, 0.05) is 0 Å². The lowest BCUT2D eigenvalue weighted by Gasteiger charge is -2.28. The highest BCUT2D eigenvalue weighted by Crippen LogP contribution is 2.01. The number of rotatable bonds is 2. The van der Waals surface area contributed by atoms with E-state index in [2.05, 4.69) is 0 Å². The van der Waals surface area contributed by atoms with Crippen LogP contribution in [-0.4, -0.2) is 11.7 Å². The molecule has 0 rings (SSSR count). The molecule has 0 spiro atoms. The first-order valence-corrected chi connectivity index (χ1v) is 2.56. The predicted octanol–water partition coefficient (Wildman–Crippen LogP) is -1.81. The molecule has 0 fully saturated rings. The summed E-state index contributed by atoms with van der Waals surface area (Å²) in [7, 11) is 0. The van der Waals surface area contributed by atoms with E-state index in [-0.39, 0.29) is 0 Å². The lowest BCUT2D eigenvalue weighted by atomic mass is 10.3. The van der Waals surface area contributed by atoms with E-state index in [1.54, 1.807) is 13.8 Å². The van der Waals surface area contributed by atoms with E-state index < -0.39 is 11.7 Å². The van der Waals surface area contributed by atoms with Crippen molar-refractivity contribution in [1.82, 2.24) is 0 Å². The largest absolute Gasteiger partial charge is 0.315 e. The average molecular weight is 134 g/mol. The molecule has 56 valence electrons. The van der Waals surface area contributed by atoms with Crippen molar-refractivity contribution in [3.8, 4) is 0 Å². The van der Waals surface area contributed by atoms with Crippen LogP contribution in [0.4, 0.5) is 0 Å². The molecule has 5 nitrogen and oxygen atoms in total. The van der Waals surface area contributed by atoms with Gasteiger partial charge in [-0.05, 0) is 13.8 Å². The van der Waals surface area contributed by atoms with Crippen LogP contribution in [0.15, 0.2) is 0 Å². The minimum absolute atomic E-state index is 0.891. The van der Waals surface area contributed by atoms with Crippen molar-refractivity contribution >= 4 is 0 Å². The van der Waals surface area contributed by atoms with Gasteiger partial charge in [-0.1, -0.05) is 0 Å². The van der Waals surface area contributed by atoms with Crippen LogP contribution in [-0.2, 0) is 4.74 Å². The molecule has 0 aromatic carbocycles. The van der Waals surface area contributed by atoms with Gasteiger partial charge in [-0.25, -0.2) is 0 Å². The van der Waals surface area contributed by atoms with Crippen molar-refractivity contribution in [2.45, 2.75) is 25.5 Å². The van der Waals surface area contributed by atoms with Crippen molar-refractivity contribution in [3.05, 3.63) is 0 Å². The van der Waals surface area contributed by atoms with Gasteiger partial charge >= 0.3 is 0 Å². The van der Waals surface area contributed by atoms with Crippen molar-refractivity contribution in [2.24, 2.45) is 22.9 Å². The lowest BCUT2D eigenvalue weighted by molar-refractivity contribution is -0.129. The highest BCUT2D eigenvalue weighted by atomic mass is 16.6. The fourth-order valence-electron chi connectivity index (χ4n) is 0.456.